The van der Waals surface area contributed by atoms with Crippen molar-refractivity contribution in [1.29, 1.82) is 0 Å². The van der Waals surface area contributed by atoms with Crippen molar-refractivity contribution >= 4 is 5.97 Å². The van der Waals surface area contributed by atoms with Crippen LogP contribution in [0.15, 0.2) is 23.8 Å². The second-order valence-electron chi connectivity index (χ2n) is 6.20. The molecule has 0 aliphatic heterocycles. The molecule has 0 spiro atoms. The second kappa shape index (κ2) is 11.2. The van der Waals surface area contributed by atoms with Gasteiger partial charge in [0.2, 0.25) is 0 Å². The number of ether oxygens (including phenoxy) is 1. The molecule has 118 valence electrons. The van der Waals surface area contributed by atoms with Gasteiger partial charge in [-0.2, -0.15) is 0 Å². The highest BCUT2D eigenvalue weighted by Crippen LogP contribution is 2.15. The minimum atomic E-state index is -0.480. The first-order valence-corrected chi connectivity index (χ1v) is 7.86. The molecular formula is C19H30O2. The third kappa shape index (κ3) is 12.0. The van der Waals surface area contributed by atoms with Crippen LogP contribution in [0.4, 0.5) is 0 Å². The number of hydrogen-bond acceptors (Lipinski definition) is 2. The van der Waals surface area contributed by atoms with Crippen molar-refractivity contribution < 1.29 is 9.53 Å². The van der Waals surface area contributed by atoms with Crippen LogP contribution >= 0.6 is 0 Å². The topological polar surface area (TPSA) is 26.3 Å². The molecule has 0 rings (SSSR count). The van der Waals surface area contributed by atoms with Crippen molar-refractivity contribution in [3.8, 4) is 12.3 Å². The summed E-state index contributed by atoms with van der Waals surface area (Å²) in [5.41, 5.74) is 0.888. The number of rotatable bonds is 9. The molecule has 0 saturated carbocycles. The molecule has 0 amide bonds. The van der Waals surface area contributed by atoms with Crippen molar-refractivity contribution in [2.45, 2.75) is 66.4 Å². The maximum atomic E-state index is 11.5. The summed E-state index contributed by atoms with van der Waals surface area (Å²) in [7, 11) is 0. The summed E-state index contributed by atoms with van der Waals surface area (Å²) in [6.45, 7) is 10.4. The number of esters is 1. The zero-order chi connectivity index (χ0) is 16.3. The molecule has 0 N–H and O–H groups in total. The first-order valence-electron chi connectivity index (χ1n) is 7.86. The summed E-state index contributed by atoms with van der Waals surface area (Å²) in [5.74, 6) is 3.45. The lowest BCUT2D eigenvalue weighted by molar-refractivity contribution is -0.139. The van der Waals surface area contributed by atoms with E-state index in [0.717, 1.165) is 17.9 Å². The van der Waals surface area contributed by atoms with Gasteiger partial charge in [0, 0.05) is 6.08 Å². The number of hydrogen-bond donors (Lipinski definition) is 0. The average molecular weight is 290 g/mol. The van der Waals surface area contributed by atoms with Crippen LogP contribution in [-0.2, 0) is 9.53 Å². The molecule has 0 aliphatic rings. The van der Waals surface area contributed by atoms with Crippen molar-refractivity contribution in [3.63, 3.8) is 0 Å². The zero-order valence-corrected chi connectivity index (χ0v) is 14.2. The van der Waals surface area contributed by atoms with Gasteiger partial charge in [0.25, 0.3) is 0 Å². The van der Waals surface area contributed by atoms with Gasteiger partial charge in [-0.25, -0.2) is 4.79 Å². The molecule has 0 bridgehead atoms. The SMILES string of the molecule is C#CC(C)OC(=O)/C=C(C)/C=C/CC(C)CCCC(C)C. The summed E-state index contributed by atoms with van der Waals surface area (Å²) in [6.07, 6.45) is 15.1. The van der Waals surface area contributed by atoms with E-state index in [1.165, 1.54) is 25.3 Å². The zero-order valence-electron chi connectivity index (χ0n) is 14.2. The maximum absolute atomic E-state index is 11.5. The standard InChI is InChI=1S/C19H30O2/c1-7-18(6)21-19(20)14-17(5)13-9-12-16(4)11-8-10-15(2)3/h1,9,13-16,18H,8,10-12H2,2-6H3/b13-9+,17-14+. The highest BCUT2D eigenvalue weighted by molar-refractivity contribution is 5.83. The molecule has 21 heavy (non-hydrogen) atoms. The Morgan fingerprint density at radius 3 is 2.48 bits per heavy atom. The van der Waals surface area contributed by atoms with E-state index < -0.39 is 6.10 Å². The fourth-order valence-corrected chi connectivity index (χ4v) is 1.95. The monoisotopic (exact) mass is 290 g/mol. The van der Waals surface area contributed by atoms with E-state index in [2.05, 4.69) is 32.8 Å². The Bertz CT molecular complexity index is 396. The summed E-state index contributed by atoms with van der Waals surface area (Å²) in [5, 5.41) is 0. The molecule has 0 aromatic carbocycles. The molecule has 0 fully saturated rings. The molecular weight excluding hydrogens is 260 g/mol. The summed E-state index contributed by atoms with van der Waals surface area (Å²) >= 11 is 0. The van der Waals surface area contributed by atoms with Crippen molar-refractivity contribution in [2.24, 2.45) is 11.8 Å². The van der Waals surface area contributed by atoms with Gasteiger partial charge < -0.3 is 4.74 Å². The molecule has 2 heteroatoms. The number of terminal acetylenes is 1. The molecule has 0 saturated heterocycles. The molecule has 0 aromatic heterocycles. The Morgan fingerprint density at radius 1 is 1.24 bits per heavy atom. The maximum Gasteiger partial charge on any atom is 0.332 e. The third-order valence-electron chi connectivity index (χ3n) is 3.27. The minimum absolute atomic E-state index is 0.382. The van der Waals surface area contributed by atoms with Gasteiger partial charge >= 0.3 is 5.97 Å². The van der Waals surface area contributed by atoms with Crippen LogP contribution in [0.3, 0.4) is 0 Å². The lowest BCUT2D eigenvalue weighted by Gasteiger charge is -2.09. The predicted molar refractivity (Wildman–Crippen MR) is 89.8 cm³/mol. The number of carbonyl (C=O) groups excluding carboxylic acids is 1. The van der Waals surface area contributed by atoms with Crippen molar-refractivity contribution in [3.05, 3.63) is 23.8 Å². The Kier molecular flexibility index (Phi) is 10.4. The quantitative estimate of drug-likeness (QED) is 0.261. The normalized spacial score (nSPS) is 15.0. The van der Waals surface area contributed by atoms with E-state index in [0.29, 0.717) is 5.92 Å². The lowest BCUT2D eigenvalue weighted by atomic mass is 9.97. The Hall–Kier alpha value is -1.49. The number of allylic oxidation sites excluding steroid dienone is 3. The molecule has 0 aliphatic carbocycles. The van der Waals surface area contributed by atoms with E-state index in [1.807, 2.05) is 13.0 Å². The smallest absolute Gasteiger partial charge is 0.332 e. The molecule has 2 unspecified atom stereocenters. The predicted octanol–water partition coefficient (Wildman–Crippen LogP) is 4.91. The van der Waals surface area contributed by atoms with Gasteiger partial charge in [0.1, 0.15) is 0 Å². The summed E-state index contributed by atoms with van der Waals surface area (Å²) in [6, 6.07) is 0. The second-order valence-corrected chi connectivity index (χ2v) is 6.20. The van der Waals surface area contributed by atoms with E-state index in [1.54, 1.807) is 6.92 Å². The van der Waals surface area contributed by atoms with Gasteiger partial charge in [-0.3, -0.25) is 0 Å². The van der Waals surface area contributed by atoms with Gasteiger partial charge in [0.15, 0.2) is 6.10 Å². The number of carbonyl (C=O) groups is 1. The highest BCUT2D eigenvalue weighted by Gasteiger charge is 2.03. The van der Waals surface area contributed by atoms with Gasteiger partial charge in [-0.15, -0.1) is 6.42 Å². The summed E-state index contributed by atoms with van der Waals surface area (Å²) in [4.78, 5) is 11.5. The van der Waals surface area contributed by atoms with Gasteiger partial charge in [-0.05, 0) is 37.7 Å². The van der Waals surface area contributed by atoms with E-state index >= 15 is 0 Å². The average Bonchev–Trinajstić information content (AvgIpc) is 2.37. The molecule has 0 radical (unpaired) electrons. The largest absolute Gasteiger partial charge is 0.446 e. The van der Waals surface area contributed by atoms with E-state index in [9.17, 15) is 4.79 Å². The van der Waals surface area contributed by atoms with E-state index in [-0.39, 0.29) is 5.97 Å². The fourth-order valence-electron chi connectivity index (χ4n) is 1.95. The Balaban J connectivity index is 4.06. The Morgan fingerprint density at radius 2 is 1.90 bits per heavy atom. The fraction of sp³-hybridized carbons (Fsp3) is 0.632. The van der Waals surface area contributed by atoms with Crippen LogP contribution in [0.1, 0.15) is 60.3 Å². The van der Waals surface area contributed by atoms with Gasteiger partial charge in [0.05, 0.1) is 0 Å². The van der Waals surface area contributed by atoms with Gasteiger partial charge in [-0.1, -0.05) is 58.1 Å². The first-order chi connectivity index (χ1) is 9.85. The Labute approximate surface area is 130 Å². The minimum Gasteiger partial charge on any atom is -0.446 e. The lowest BCUT2D eigenvalue weighted by Crippen LogP contribution is -2.10. The summed E-state index contributed by atoms with van der Waals surface area (Å²) < 4.78 is 4.99. The van der Waals surface area contributed by atoms with Crippen LogP contribution in [-0.4, -0.2) is 12.1 Å². The molecule has 2 nitrogen and oxygen atoms in total. The highest BCUT2D eigenvalue weighted by atomic mass is 16.5. The van der Waals surface area contributed by atoms with Crippen LogP contribution in [0, 0.1) is 24.2 Å². The molecule has 2 atom stereocenters. The molecule has 0 heterocycles. The van der Waals surface area contributed by atoms with Crippen LogP contribution in [0.25, 0.3) is 0 Å². The third-order valence-corrected chi connectivity index (χ3v) is 3.27. The van der Waals surface area contributed by atoms with Crippen LogP contribution < -0.4 is 0 Å². The van der Waals surface area contributed by atoms with Crippen molar-refractivity contribution in [2.75, 3.05) is 0 Å². The van der Waals surface area contributed by atoms with E-state index in [4.69, 9.17) is 11.2 Å². The van der Waals surface area contributed by atoms with Crippen LogP contribution in [0.5, 0.6) is 0 Å². The van der Waals surface area contributed by atoms with Crippen LogP contribution in [0.2, 0.25) is 0 Å². The molecule has 0 aromatic rings. The van der Waals surface area contributed by atoms with Crippen molar-refractivity contribution in [1.82, 2.24) is 0 Å². The first kappa shape index (κ1) is 19.5.